The van der Waals surface area contributed by atoms with E-state index in [1.165, 1.54) is 0 Å². The molecule has 0 radical (unpaired) electrons. The second-order valence-electron chi connectivity index (χ2n) is 6.53. The van der Waals surface area contributed by atoms with Crippen molar-refractivity contribution < 1.29 is 44.9 Å². The normalized spacial score (nSPS) is 9.54. The number of non-ortho nitro benzene ring substituents is 2. The van der Waals surface area contributed by atoms with E-state index in [4.69, 9.17) is 15.3 Å². The zero-order chi connectivity index (χ0) is 30.0. The minimum atomic E-state index is -0.919. The van der Waals surface area contributed by atoms with Crippen molar-refractivity contribution in [3.8, 4) is 17.2 Å². The molecule has 3 aromatic rings. The number of aromatic hydroxyl groups is 3. The van der Waals surface area contributed by atoms with E-state index in [0.717, 1.165) is 54.6 Å². The van der Waals surface area contributed by atoms with E-state index in [1.807, 2.05) is 0 Å². The maximum absolute atomic E-state index is 10.2. The standard InChI is InChI=1S/3C6H4N2O5/c2*9-6-3-4(7(10)11)1-2-5(6)8(12)13;9-6-4(7(10)11)2-1-3-5(6)8(12)13/h3*1-3,9H. The van der Waals surface area contributed by atoms with Crippen molar-refractivity contribution in [2.24, 2.45) is 0 Å². The van der Waals surface area contributed by atoms with Crippen LogP contribution in [0.15, 0.2) is 54.6 Å². The van der Waals surface area contributed by atoms with Crippen molar-refractivity contribution in [1.29, 1.82) is 0 Å². The second-order valence-corrected chi connectivity index (χ2v) is 6.53. The van der Waals surface area contributed by atoms with Crippen LogP contribution in [0, 0.1) is 60.7 Å². The van der Waals surface area contributed by atoms with Gasteiger partial charge in [0.2, 0.25) is 11.5 Å². The third kappa shape index (κ3) is 8.27. The van der Waals surface area contributed by atoms with Crippen molar-refractivity contribution in [2.75, 3.05) is 0 Å². The van der Waals surface area contributed by atoms with Gasteiger partial charge < -0.3 is 15.3 Å². The molecule has 0 atom stereocenters. The molecule has 0 spiro atoms. The molecule has 0 aliphatic rings. The SMILES string of the molecule is O=[N+]([O-])c1ccc([N+](=O)[O-])c(O)c1.O=[N+]([O-])c1ccc([N+](=O)[O-])c(O)c1.O=[N+]([O-])c1cccc([N+](=O)[O-])c1O. The molecule has 0 saturated heterocycles. The molecule has 3 aromatic carbocycles. The molecule has 0 aromatic heterocycles. The summed E-state index contributed by atoms with van der Waals surface area (Å²) in [6, 6.07) is 8.26. The molecule has 39 heavy (non-hydrogen) atoms. The lowest BCUT2D eigenvalue weighted by molar-refractivity contribution is -0.396. The summed E-state index contributed by atoms with van der Waals surface area (Å²) in [4.78, 5) is 56.2. The summed E-state index contributed by atoms with van der Waals surface area (Å²) in [5.74, 6) is -2.34. The Morgan fingerprint density at radius 2 is 0.744 bits per heavy atom. The minimum Gasteiger partial charge on any atom is -0.502 e. The van der Waals surface area contributed by atoms with Gasteiger partial charge in [-0.1, -0.05) is 0 Å². The maximum atomic E-state index is 10.2. The molecule has 3 rings (SSSR count). The van der Waals surface area contributed by atoms with Crippen LogP contribution in [0.2, 0.25) is 0 Å². The fourth-order valence-corrected chi connectivity index (χ4v) is 2.37. The van der Waals surface area contributed by atoms with Gasteiger partial charge in [-0.2, -0.15) is 0 Å². The summed E-state index contributed by atoms with van der Waals surface area (Å²) >= 11 is 0. The number of hydrogen-bond donors (Lipinski definition) is 3. The number of rotatable bonds is 6. The van der Waals surface area contributed by atoms with Gasteiger partial charge in [0.25, 0.3) is 17.1 Å². The summed E-state index contributed by atoms with van der Waals surface area (Å²) in [6.45, 7) is 0. The lowest BCUT2D eigenvalue weighted by Crippen LogP contribution is -1.93. The predicted molar refractivity (Wildman–Crippen MR) is 124 cm³/mol. The minimum absolute atomic E-state index is 0.386. The van der Waals surface area contributed by atoms with Gasteiger partial charge in [-0.15, -0.1) is 0 Å². The first-order valence-corrected chi connectivity index (χ1v) is 9.42. The van der Waals surface area contributed by atoms with Crippen molar-refractivity contribution in [2.45, 2.75) is 0 Å². The molecule has 0 unspecified atom stereocenters. The van der Waals surface area contributed by atoms with E-state index in [-0.39, 0.29) is 11.4 Å². The Morgan fingerprint density at radius 1 is 0.436 bits per heavy atom. The van der Waals surface area contributed by atoms with Gasteiger partial charge in [-0.05, 0) is 6.07 Å². The molecule has 3 N–H and O–H groups in total. The Kier molecular flexibility index (Phi) is 10.1. The van der Waals surface area contributed by atoms with Gasteiger partial charge >= 0.3 is 22.7 Å². The number of benzene rings is 3. The first-order chi connectivity index (χ1) is 18.1. The molecule has 0 saturated carbocycles. The lowest BCUT2D eigenvalue weighted by atomic mass is 10.2. The Hall–Kier alpha value is -6.54. The molecule has 204 valence electrons. The van der Waals surface area contributed by atoms with Crippen molar-refractivity contribution in [3.63, 3.8) is 0 Å². The first kappa shape index (κ1) is 30.5. The summed E-state index contributed by atoms with van der Waals surface area (Å²) in [5, 5.41) is 88.1. The zero-order valence-electron chi connectivity index (χ0n) is 18.6. The molecule has 21 nitrogen and oxygen atoms in total. The summed E-state index contributed by atoms with van der Waals surface area (Å²) in [7, 11) is 0. The fraction of sp³-hybridized carbons (Fsp3) is 0. The quantitative estimate of drug-likeness (QED) is 0.290. The van der Waals surface area contributed by atoms with Crippen LogP contribution in [0.5, 0.6) is 17.2 Å². The van der Waals surface area contributed by atoms with Gasteiger partial charge in [0.15, 0.2) is 0 Å². The zero-order valence-corrected chi connectivity index (χ0v) is 18.6. The van der Waals surface area contributed by atoms with Crippen LogP contribution >= 0.6 is 0 Å². The number of nitro groups is 6. The highest BCUT2D eigenvalue weighted by Gasteiger charge is 2.23. The van der Waals surface area contributed by atoms with Gasteiger partial charge in [-0.3, -0.25) is 60.7 Å². The Morgan fingerprint density at radius 3 is 0.974 bits per heavy atom. The monoisotopic (exact) mass is 552 g/mol. The average Bonchev–Trinajstić information content (AvgIpc) is 2.83. The molecular weight excluding hydrogens is 540 g/mol. The van der Waals surface area contributed by atoms with Gasteiger partial charge in [0, 0.05) is 36.4 Å². The van der Waals surface area contributed by atoms with Crippen molar-refractivity contribution >= 4 is 34.1 Å². The predicted octanol–water partition coefficient (Wildman–Crippen LogP) is 3.63. The van der Waals surface area contributed by atoms with Crippen molar-refractivity contribution in [3.05, 3.63) is 115 Å². The lowest BCUT2D eigenvalue weighted by Gasteiger charge is -1.95. The highest BCUT2D eigenvalue weighted by molar-refractivity contribution is 5.58. The van der Waals surface area contributed by atoms with Gasteiger partial charge in [-0.25, -0.2) is 0 Å². The fourth-order valence-electron chi connectivity index (χ4n) is 2.37. The van der Waals surface area contributed by atoms with E-state index < -0.39 is 69.5 Å². The maximum Gasteiger partial charge on any atom is 0.318 e. The highest BCUT2D eigenvalue weighted by Crippen LogP contribution is 2.34. The molecule has 0 heterocycles. The van der Waals surface area contributed by atoms with Crippen LogP contribution in [-0.4, -0.2) is 44.9 Å². The molecule has 0 fully saturated rings. The topological polar surface area (TPSA) is 320 Å². The van der Waals surface area contributed by atoms with Crippen LogP contribution in [0.3, 0.4) is 0 Å². The van der Waals surface area contributed by atoms with Gasteiger partial charge in [0.1, 0.15) is 0 Å². The molecule has 0 aliphatic carbocycles. The highest BCUT2D eigenvalue weighted by atomic mass is 16.6. The molecular formula is C18H12N6O15. The Labute approximate surface area is 212 Å². The van der Waals surface area contributed by atoms with Crippen LogP contribution < -0.4 is 0 Å². The summed E-state index contributed by atoms with van der Waals surface area (Å²) in [5.41, 5.74) is -3.22. The number of nitro benzene ring substituents is 6. The summed E-state index contributed by atoms with van der Waals surface area (Å²) < 4.78 is 0. The Bertz CT molecular complexity index is 1370. The van der Waals surface area contributed by atoms with Crippen LogP contribution in [0.1, 0.15) is 0 Å². The third-order valence-corrected chi connectivity index (χ3v) is 4.12. The number of phenolic OH excluding ortho intramolecular Hbond substituents is 3. The first-order valence-electron chi connectivity index (χ1n) is 9.42. The second kappa shape index (κ2) is 13.0. The van der Waals surface area contributed by atoms with E-state index in [2.05, 4.69) is 0 Å². The number of para-hydroxylation sites is 1. The van der Waals surface area contributed by atoms with E-state index in [9.17, 15) is 60.7 Å². The Balaban J connectivity index is 0.000000292. The van der Waals surface area contributed by atoms with Crippen LogP contribution in [0.4, 0.5) is 34.1 Å². The van der Waals surface area contributed by atoms with E-state index in [0.29, 0.717) is 0 Å². The molecule has 0 amide bonds. The average molecular weight is 552 g/mol. The van der Waals surface area contributed by atoms with E-state index in [1.54, 1.807) is 0 Å². The number of nitrogens with zero attached hydrogens (tertiary/aromatic N) is 6. The number of hydrogen-bond acceptors (Lipinski definition) is 15. The third-order valence-electron chi connectivity index (χ3n) is 4.12. The van der Waals surface area contributed by atoms with Gasteiger partial charge in [0.05, 0.1) is 41.7 Å². The van der Waals surface area contributed by atoms with Crippen LogP contribution in [0.25, 0.3) is 0 Å². The molecule has 0 aliphatic heterocycles. The largest absolute Gasteiger partial charge is 0.502 e. The van der Waals surface area contributed by atoms with Crippen LogP contribution in [-0.2, 0) is 0 Å². The number of phenols is 3. The molecule has 0 bridgehead atoms. The molecule has 21 heteroatoms. The van der Waals surface area contributed by atoms with E-state index >= 15 is 0 Å². The smallest absolute Gasteiger partial charge is 0.318 e. The van der Waals surface area contributed by atoms with Crippen molar-refractivity contribution in [1.82, 2.24) is 0 Å². The summed E-state index contributed by atoms with van der Waals surface area (Å²) in [6.07, 6.45) is 0.